The largest absolute Gasteiger partial charge is 0.394 e. The molecule has 0 saturated carbocycles. The Labute approximate surface area is 131 Å². The van der Waals surface area contributed by atoms with Gasteiger partial charge in [0.15, 0.2) is 0 Å². The van der Waals surface area contributed by atoms with Gasteiger partial charge < -0.3 is 10.0 Å². The number of aliphatic hydroxyl groups is 1. The van der Waals surface area contributed by atoms with Gasteiger partial charge in [-0.15, -0.1) is 0 Å². The summed E-state index contributed by atoms with van der Waals surface area (Å²) in [4.78, 5) is 16.6. The Hall–Kier alpha value is -1.40. The Kier molecular flexibility index (Phi) is 5.10. The van der Waals surface area contributed by atoms with E-state index in [1.54, 1.807) is 4.68 Å². The van der Waals surface area contributed by atoms with Gasteiger partial charge in [0.2, 0.25) is 5.91 Å². The van der Waals surface area contributed by atoms with Gasteiger partial charge in [0.25, 0.3) is 0 Å². The second-order valence-corrected chi connectivity index (χ2v) is 6.39. The fourth-order valence-electron chi connectivity index (χ4n) is 3.52. The van der Waals surface area contributed by atoms with E-state index >= 15 is 0 Å². The summed E-state index contributed by atoms with van der Waals surface area (Å²) in [6.07, 6.45) is 6.47. The number of hydrogen-bond donors (Lipinski definition) is 1. The minimum absolute atomic E-state index is 0.113. The number of carbonyl (C=O) groups excluding carboxylic acids is 1. The molecule has 0 bridgehead atoms. The molecule has 3 rings (SSSR count). The number of hydrogen-bond acceptors (Lipinski definition) is 4. The van der Waals surface area contributed by atoms with Crippen LogP contribution in [0.15, 0.2) is 12.3 Å². The van der Waals surface area contributed by atoms with Gasteiger partial charge in [0.05, 0.1) is 25.4 Å². The monoisotopic (exact) mass is 306 g/mol. The topological polar surface area (TPSA) is 61.6 Å². The van der Waals surface area contributed by atoms with Crippen molar-refractivity contribution in [2.45, 2.75) is 38.1 Å². The molecule has 0 aromatic carbocycles. The molecule has 1 aromatic rings. The summed E-state index contributed by atoms with van der Waals surface area (Å²) >= 11 is 0. The third-order valence-electron chi connectivity index (χ3n) is 4.73. The molecule has 3 heterocycles. The van der Waals surface area contributed by atoms with Crippen LogP contribution in [0, 0.1) is 0 Å². The molecule has 2 aliphatic heterocycles. The second-order valence-electron chi connectivity index (χ2n) is 6.39. The first-order valence-corrected chi connectivity index (χ1v) is 8.40. The molecule has 6 heteroatoms. The highest BCUT2D eigenvalue weighted by molar-refractivity contribution is 5.78. The molecule has 22 heavy (non-hydrogen) atoms. The minimum atomic E-state index is 0.113. The van der Waals surface area contributed by atoms with Crippen LogP contribution in [0.2, 0.25) is 0 Å². The highest BCUT2D eigenvalue weighted by Crippen LogP contribution is 2.25. The first-order chi connectivity index (χ1) is 10.8. The van der Waals surface area contributed by atoms with Crippen molar-refractivity contribution in [1.29, 1.82) is 0 Å². The molecule has 2 fully saturated rings. The van der Waals surface area contributed by atoms with E-state index < -0.39 is 0 Å². The number of likely N-dealkylation sites (tertiary alicyclic amines) is 2. The molecular weight excluding hydrogens is 280 g/mol. The van der Waals surface area contributed by atoms with E-state index in [0.29, 0.717) is 19.0 Å². The van der Waals surface area contributed by atoms with Gasteiger partial charge in [0, 0.05) is 31.7 Å². The Bertz CT molecular complexity index is 496. The van der Waals surface area contributed by atoms with Crippen LogP contribution < -0.4 is 0 Å². The molecule has 0 aliphatic carbocycles. The summed E-state index contributed by atoms with van der Waals surface area (Å²) < 4.78 is 1.80. The van der Waals surface area contributed by atoms with Gasteiger partial charge in [-0.2, -0.15) is 5.10 Å². The molecule has 2 aliphatic rings. The molecule has 2 saturated heterocycles. The van der Waals surface area contributed by atoms with E-state index in [2.05, 4.69) is 10.00 Å². The maximum Gasteiger partial charge on any atom is 0.236 e. The summed E-state index contributed by atoms with van der Waals surface area (Å²) in [6, 6.07) is 2.05. The van der Waals surface area contributed by atoms with Crippen molar-refractivity contribution >= 4 is 5.91 Å². The van der Waals surface area contributed by atoms with Crippen LogP contribution >= 0.6 is 0 Å². The van der Waals surface area contributed by atoms with Crippen molar-refractivity contribution in [3.63, 3.8) is 0 Å². The lowest BCUT2D eigenvalue weighted by molar-refractivity contribution is -0.131. The normalized spacial score (nSPS) is 23.1. The minimum Gasteiger partial charge on any atom is -0.394 e. The number of amides is 1. The Morgan fingerprint density at radius 2 is 2.09 bits per heavy atom. The van der Waals surface area contributed by atoms with Crippen molar-refractivity contribution in [2.75, 3.05) is 39.3 Å². The van der Waals surface area contributed by atoms with E-state index in [0.717, 1.165) is 57.6 Å². The zero-order chi connectivity index (χ0) is 15.4. The van der Waals surface area contributed by atoms with Crippen LogP contribution in [0.1, 0.15) is 37.3 Å². The van der Waals surface area contributed by atoms with Crippen molar-refractivity contribution in [3.05, 3.63) is 18.0 Å². The lowest BCUT2D eigenvalue weighted by atomic mass is 9.95. The third kappa shape index (κ3) is 3.67. The number of nitrogens with zero attached hydrogens (tertiary/aromatic N) is 4. The Balaban J connectivity index is 1.55. The molecule has 6 nitrogen and oxygen atoms in total. The maximum absolute atomic E-state index is 12.3. The van der Waals surface area contributed by atoms with Crippen LogP contribution in [-0.4, -0.2) is 69.9 Å². The highest BCUT2D eigenvalue weighted by Gasteiger charge is 2.26. The molecule has 1 N–H and O–H groups in total. The van der Waals surface area contributed by atoms with Crippen LogP contribution in [-0.2, 0) is 11.3 Å². The van der Waals surface area contributed by atoms with Crippen LogP contribution in [0.3, 0.4) is 0 Å². The van der Waals surface area contributed by atoms with Crippen LogP contribution in [0.5, 0.6) is 0 Å². The maximum atomic E-state index is 12.3. The molecular formula is C16H26N4O2. The second kappa shape index (κ2) is 7.24. The number of aliphatic hydroxyl groups excluding tert-OH is 1. The standard InChI is InChI=1S/C16H26N4O2/c21-11-10-20-9-5-15(17-20)14-4-3-6-18(12-14)13-16(22)19-7-1-2-8-19/h5,9,14,21H,1-4,6-8,10-13H2. The van der Waals surface area contributed by atoms with Crippen molar-refractivity contribution < 1.29 is 9.90 Å². The van der Waals surface area contributed by atoms with Crippen molar-refractivity contribution in [2.24, 2.45) is 0 Å². The predicted octanol–water partition coefficient (Wildman–Crippen LogP) is 0.677. The average molecular weight is 306 g/mol. The fourth-order valence-corrected chi connectivity index (χ4v) is 3.52. The molecule has 1 aromatic heterocycles. The van der Waals surface area contributed by atoms with Gasteiger partial charge in [-0.1, -0.05) is 0 Å². The van der Waals surface area contributed by atoms with Gasteiger partial charge in [-0.05, 0) is 38.3 Å². The smallest absolute Gasteiger partial charge is 0.236 e. The van der Waals surface area contributed by atoms with Gasteiger partial charge in [0.1, 0.15) is 0 Å². The number of aromatic nitrogens is 2. The number of rotatable bonds is 5. The molecule has 1 amide bonds. The molecule has 122 valence electrons. The molecule has 1 atom stereocenters. The third-order valence-corrected chi connectivity index (χ3v) is 4.73. The Morgan fingerprint density at radius 1 is 1.27 bits per heavy atom. The first kappa shape index (κ1) is 15.5. The van der Waals surface area contributed by atoms with Crippen molar-refractivity contribution in [1.82, 2.24) is 19.6 Å². The first-order valence-electron chi connectivity index (χ1n) is 8.40. The van der Waals surface area contributed by atoms with E-state index in [1.165, 1.54) is 0 Å². The summed E-state index contributed by atoms with van der Waals surface area (Å²) in [5, 5.41) is 13.5. The number of piperidine rings is 1. The van der Waals surface area contributed by atoms with Gasteiger partial charge in [-0.3, -0.25) is 14.4 Å². The van der Waals surface area contributed by atoms with Crippen LogP contribution in [0.4, 0.5) is 0 Å². The van der Waals surface area contributed by atoms with Gasteiger partial charge in [-0.25, -0.2) is 0 Å². The summed E-state index contributed by atoms with van der Waals surface area (Å²) in [5.74, 6) is 0.684. The summed E-state index contributed by atoms with van der Waals surface area (Å²) in [5.41, 5.74) is 1.09. The van der Waals surface area contributed by atoms with Crippen molar-refractivity contribution in [3.8, 4) is 0 Å². The summed E-state index contributed by atoms with van der Waals surface area (Å²) in [7, 11) is 0. The van der Waals surface area contributed by atoms with E-state index in [-0.39, 0.29) is 12.5 Å². The highest BCUT2D eigenvalue weighted by atomic mass is 16.3. The average Bonchev–Trinajstić information content (AvgIpc) is 3.19. The lowest BCUT2D eigenvalue weighted by Gasteiger charge is -2.32. The zero-order valence-electron chi connectivity index (χ0n) is 13.2. The zero-order valence-corrected chi connectivity index (χ0v) is 13.2. The number of carbonyl (C=O) groups is 1. The fraction of sp³-hybridized carbons (Fsp3) is 0.750. The molecule has 0 spiro atoms. The van der Waals surface area contributed by atoms with E-state index in [4.69, 9.17) is 5.11 Å². The Morgan fingerprint density at radius 3 is 2.86 bits per heavy atom. The quantitative estimate of drug-likeness (QED) is 0.869. The van der Waals surface area contributed by atoms with Gasteiger partial charge >= 0.3 is 0 Å². The molecule has 0 radical (unpaired) electrons. The summed E-state index contributed by atoms with van der Waals surface area (Å²) in [6.45, 7) is 4.99. The van der Waals surface area contributed by atoms with E-state index in [1.807, 2.05) is 17.2 Å². The predicted molar refractivity (Wildman–Crippen MR) is 83.5 cm³/mol. The van der Waals surface area contributed by atoms with Crippen LogP contribution in [0.25, 0.3) is 0 Å². The lowest BCUT2D eigenvalue weighted by Crippen LogP contribution is -2.43. The molecule has 1 unspecified atom stereocenters. The van der Waals surface area contributed by atoms with E-state index in [9.17, 15) is 4.79 Å². The SMILES string of the molecule is O=C(CN1CCCC(c2ccn(CCO)n2)C1)N1CCCC1.